The van der Waals surface area contributed by atoms with Crippen LogP contribution in [-0.4, -0.2) is 69.7 Å². The molecule has 0 aliphatic carbocycles. The van der Waals surface area contributed by atoms with E-state index in [0.29, 0.717) is 5.56 Å². The van der Waals surface area contributed by atoms with Gasteiger partial charge in [0.2, 0.25) is 0 Å². The average molecular weight is 477 g/mol. The lowest BCUT2D eigenvalue weighted by atomic mass is 10.0. The number of ether oxygens (including phenoxy) is 1. The Morgan fingerprint density at radius 2 is 1.91 bits per heavy atom. The second-order valence-corrected chi connectivity index (χ2v) is 8.41. The third-order valence-corrected chi connectivity index (χ3v) is 5.51. The zero-order chi connectivity index (χ0) is 23.8. The van der Waals surface area contributed by atoms with Crippen molar-refractivity contribution in [1.29, 1.82) is 0 Å². The summed E-state index contributed by atoms with van der Waals surface area (Å²) in [7, 11) is -5.18. The van der Waals surface area contributed by atoms with E-state index in [0.717, 1.165) is 6.08 Å². The lowest BCUT2D eigenvalue weighted by molar-refractivity contribution is -0.135. The number of carbonyl (C=O) groups excluding carboxylic acids is 1. The first-order valence-corrected chi connectivity index (χ1v) is 11.1. The van der Waals surface area contributed by atoms with Crippen molar-refractivity contribution in [2.24, 2.45) is 0 Å². The van der Waals surface area contributed by atoms with E-state index < -0.39 is 44.2 Å². The van der Waals surface area contributed by atoms with Crippen LogP contribution in [0.4, 0.5) is 5.82 Å². The fraction of sp³-hybridized carbons (Fsp3) is 0.263. The third-order valence-electron chi connectivity index (χ3n) is 5.01. The molecule has 5 atom stereocenters. The number of phosphoric ester groups is 1. The maximum atomic E-state index is 12.8. The Morgan fingerprint density at radius 1 is 1.18 bits per heavy atom. The summed E-state index contributed by atoms with van der Waals surface area (Å²) in [5, 5.41) is 21.2. The highest BCUT2D eigenvalue weighted by Crippen LogP contribution is 2.42. The van der Waals surface area contributed by atoms with Gasteiger partial charge < -0.3 is 30.5 Å². The van der Waals surface area contributed by atoms with Gasteiger partial charge in [0.05, 0.1) is 6.33 Å². The highest BCUT2D eigenvalue weighted by molar-refractivity contribution is 7.46. The van der Waals surface area contributed by atoms with Crippen molar-refractivity contribution in [3.8, 4) is 0 Å². The molecule has 1 aromatic carbocycles. The Bertz CT molecular complexity index is 1230. The Labute approximate surface area is 186 Å². The van der Waals surface area contributed by atoms with Crippen LogP contribution in [0.2, 0.25) is 0 Å². The molecule has 1 aliphatic heterocycles. The molecule has 0 saturated carbocycles. The summed E-state index contributed by atoms with van der Waals surface area (Å²) >= 11 is 0. The number of aromatic nitrogens is 4. The first kappa shape index (κ1) is 23.1. The van der Waals surface area contributed by atoms with Crippen molar-refractivity contribution >= 4 is 36.7 Å². The number of hydrogen-bond donors (Lipinski definition) is 5. The lowest BCUT2D eigenvalue weighted by Gasteiger charge is -2.24. The number of ketones is 1. The summed E-state index contributed by atoms with van der Waals surface area (Å²) in [4.78, 5) is 43.4. The monoisotopic (exact) mass is 477 g/mol. The highest BCUT2D eigenvalue weighted by Gasteiger charge is 2.51. The van der Waals surface area contributed by atoms with Crippen molar-refractivity contribution in [2.45, 2.75) is 30.6 Å². The standard InChI is InChI=1S/C19H20N5O8P/c20-17-12-18(22-8-21-17)24(9-23-12)19-14(27)13(26)16(31-19)15(32-33(28,29)30)11(25)7-6-10-4-2-1-3-5-10/h1-9,13-16,19,26-27H,(H2,20,21,22)(H2,28,29,30)/t13-,14+,15?,16-,19+/m0/s1. The molecular formula is C19H20N5O8P. The number of phosphoric acid groups is 1. The minimum Gasteiger partial charge on any atom is -0.387 e. The minimum atomic E-state index is -5.18. The predicted molar refractivity (Wildman–Crippen MR) is 113 cm³/mol. The second-order valence-electron chi connectivity index (χ2n) is 7.22. The molecule has 1 fully saturated rings. The summed E-state index contributed by atoms with van der Waals surface area (Å²) in [6.07, 6.45) is -3.33. The van der Waals surface area contributed by atoms with Gasteiger partial charge in [-0.05, 0) is 11.6 Å². The number of nitrogens with two attached hydrogens (primary N) is 1. The number of hydrogen-bond acceptors (Lipinski definition) is 10. The molecule has 0 amide bonds. The number of fused-ring (bicyclic) bond motifs is 1. The molecule has 0 radical (unpaired) electrons. The van der Waals surface area contributed by atoms with Gasteiger partial charge in [-0.1, -0.05) is 36.4 Å². The normalized spacial score (nSPS) is 24.5. The molecule has 33 heavy (non-hydrogen) atoms. The molecule has 14 heteroatoms. The first-order valence-electron chi connectivity index (χ1n) is 9.61. The van der Waals surface area contributed by atoms with Crippen LogP contribution >= 0.6 is 7.82 Å². The molecule has 1 unspecified atom stereocenters. The highest BCUT2D eigenvalue weighted by atomic mass is 31.2. The molecule has 1 saturated heterocycles. The number of aliphatic hydroxyl groups excluding tert-OH is 2. The molecule has 13 nitrogen and oxygen atoms in total. The van der Waals surface area contributed by atoms with Crippen LogP contribution in [0.3, 0.4) is 0 Å². The Morgan fingerprint density at radius 3 is 2.61 bits per heavy atom. The van der Waals surface area contributed by atoms with Gasteiger partial charge in [0.25, 0.3) is 0 Å². The van der Waals surface area contributed by atoms with Gasteiger partial charge in [0, 0.05) is 0 Å². The molecule has 4 rings (SSSR count). The smallest absolute Gasteiger partial charge is 0.387 e. The fourth-order valence-electron chi connectivity index (χ4n) is 3.48. The summed E-state index contributed by atoms with van der Waals surface area (Å²) in [6, 6.07) is 8.68. The van der Waals surface area contributed by atoms with E-state index in [1.54, 1.807) is 30.3 Å². The van der Waals surface area contributed by atoms with Crippen LogP contribution in [0.1, 0.15) is 11.8 Å². The van der Waals surface area contributed by atoms with Gasteiger partial charge in [-0.3, -0.25) is 13.9 Å². The van der Waals surface area contributed by atoms with Gasteiger partial charge in [-0.15, -0.1) is 0 Å². The number of nitrogens with zero attached hydrogens (tertiary/aromatic N) is 4. The van der Waals surface area contributed by atoms with Gasteiger partial charge in [0.15, 0.2) is 29.6 Å². The molecule has 3 aromatic rings. The summed E-state index contributed by atoms with van der Waals surface area (Å²) in [5.41, 5.74) is 6.81. The maximum Gasteiger partial charge on any atom is 0.470 e. The summed E-state index contributed by atoms with van der Waals surface area (Å²) in [5.74, 6) is -0.812. The van der Waals surface area contributed by atoms with Gasteiger partial charge in [-0.25, -0.2) is 19.5 Å². The van der Waals surface area contributed by atoms with Crippen molar-refractivity contribution in [2.75, 3.05) is 5.73 Å². The van der Waals surface area contributed by atoms with Crippen molar-refractivity contribution in [3.63, 3.8) is 0 Å². The minimum absolute atomic E-state index is 0.0762. The zero-order valence-corrected chi connectivity index (χ0v) is 17.7. The number of nitrogen functional groups attached to an aromatic ring is 1. The third kappa shape index (κ3) is 4.84. The Kier molecular flexibility index (Phi) is 6.36. The molecule has 174 valence electrons. The predicted octanol–water partition coefficient (Wildman–Crippen LogP) is -0.212. The number of rotatable bonds is 7. The number of anilines is 1. The van der Waals surface area contributed by atoms with Crippen molar-refractivity contribution < 1.29 is 38.6 Å². The van der Waals surface area contributed by atoms with Crippen molar-refractivity contribution in [3.05, 3.63) is 54.6 Å². The van der Waals surface area contributed by atoms with Crippen LogP contribution in [0.15, 0.2) is 49.1 Å². The maximum absolute atomic E-state index is 12.8. The lowest BCUT2D eigenvalue weighted by Crippen LogP contribution is -2.43. The fourth-order valence-corrected chi connectivity index (χ4v) is 4.00. The van der Waals surface area contributed by atoms with Gasteiger partial charge in [0.1, 0.15) is 30.2 Å². The second kappa shape index (κ2) is 9.08. The molecule has 6 N–H and O–H groups in total. The molecule has 1 aliphatic rings. The van der Waals surface area contributed by atoms with E-state index in [-0.39, 0.29) is 17.0 Å². The van der Waals surface area contributed by atoms with E-state index in [2.05, 4.69) is 19.5 Å². The van der Waals surface area contributed by atoms with Crippen LogP contribution < -0.4 is 5.73 Å². The summed E-state index contributed by atoms with van der Waals surface area (Å²) < 4.78 is 23.1. The summed E-state index contributed by atoms with van der Waals surface area (Å²) in [6.45, 7) is 0. The molecule has 2 aromatic heterocycles. The average Bonchev–Trinajstić information content (AvgIpc) is 3.33. The number of carbonyl (C=O) groups is 1. The van der Waals surface area contributed by atoms with Crippen LogP contribution in [0.25, 0.3) is 17.2 Å². The van der Waals surface area contributed by atoms with Crippen molar-refractivity contribution in [1.82, 2.24) is 19.5 Å². The van der Waals surface area contributed by atoms with Crippen LogP contribution in [0, 0.1) is 0 Å². The molecule has 0 spiro atoms. The van der Waals surface area contributed by atoms with Gasteiger partial charge in [-0.2, -0.15) is 0 Å². The first-order chi connectivity index (χ1) is 15.7. The Hall–Kier alpha value is -3.03. The number of imidazole rings is 1. The van der Waals surface area contributed by atoms with Crippen LogP contribution in [0.5, 0.6) is 0 Å². The number of aliphatic hydroxyl groups is 2. The van der Waals surface area contributed by atoms with E-state index >= 15 is 0 Å². The number of benzene rings is 1. The molecule has 3 heterocycles. The van der Waals surface area contributed by atoms with Crippen LogP contribution in [-0.2, 0) is 18.6 Å². The van der Waals surface area contributed by atoms with E-state index in [4.69, 9.17) is 10.5 Å². The SMILES string of the molecule is Nc1ncnc2c1ncn2[C@@H]1O[C@H](C(OP(=O)(O)O)C(=O)C=Cc2ccccc2)[C@@H](O)[C@H]1O. The van der Waals surface area contributed by atoms with E-state index in [1.807, 2.05) is 0 Å². The Balaban J connectivity index is 1.64. The van der Waals surface area contributed by atoms with E-state index in [1.165, 1.54) is 23.3 Å². The quantitative estimate of drug-likeness (QED) is 0.222. The topological polar surface area (TPSA) is 203 Å². The van der Waals surface area contributed by atoms with E-state index in [9.17, 15) is 29.4 Å². The largest absolute Gasteiger partial charge is 0.470 e. The van der Waals surface area contributed by atoms with Gasteiger partial charge >= 0.3 is 7.82 Å². The molecule has 0 bridgehead atoms. The molecular weight excluding hydrogens is 457 g/mol. The zero-order valence-electron chi connectivity index (χ0n) is 16.8.